The number of nitrogens with one attached hydrogen (secondary N) is 1. The summed E-state index contributed by atoms with van der Waals surface area (Å²) in [5.41, 5.74) is 2.39. The van der Waals surface area contributed by atoms with Gasteiger partial charge in [-0.25, -0.2) is 8.78 Å². The predicted octanol–water partition coefficient (Wildman–Crippen LogP) is 3.34. The first-order valence-electron chi connectivity index (χ1n) is 8.64. The number of aromatic amines is 1. The van der Waals surface area contributed by atoms with E-state index in [1.54, 1.807) is 4.90 Å². The molecule has 1 N–H and O–H groups in total. The second-order valence-electron chi connectivity index (χ2n) is 6.50. The van der Waals surface area contributed by atoms with Crippen LogP contribution < -0.4 is 4.90 Å². The molecule has 1 amide bonds. The van der Waals surface area contributed by atoms with E-state index in [1.807, 2.05) is 35.4 Å². The van der Waals surface area contributed by atoms with Crippen molar-refractivity contribution in [1.82, 2.24) is 9.88 Å². The highest BCUT2D eigenvalue weighted by Crippen LogP contribution is 2.23. The maximum atomic E-state index is 13.9. The molecule has 1 saturated heterocycles. The van der Waals surface area contributed by atoms with Crippen LogP contribution in [0.5, 0.6) is 0 Å². The van der Waals surface area contributed by atoms with Gasteiger partial charge < -0.3 is 14.8 Å². The van der Waals surface area contributed by atoms with Gasteiger partial charge in [0, 0.05) is 49.3 Å². The van der Waals surface area contributed by atoms with Gasteiger partial charge in [-0.3, -0.25) is 4.79 Å². The zero-order valence-corrected chi connectivity index (χ0v) is 14.2. The molecule has 1 fully saturated rings. The predicted molar refractivity (Wildman–Crippen MR) is 97.2 cm³/mol. The monoisotopic (exact) mass is 355 g/mol. The largest absolute Gasteiger partial charge is 0.366 e. The van der Waals surface area contributed by atoms with E-state index in [1.165, 1.54) is 12.1 Å². The number of aromatic nitrogens is 1. The number of fused-ring (bicyclic) bond motifs is 1. The van der Waals surface area contributed by atoms with Gasteiger partial charge in [-0.2, -0.15) is 0 Å². The Labute approximate surface area is 150 Å². The Kier molecular flexibility index (Phi) is 4.32. The molecule has 0 aliphatic carbocycles. The molecule has 2 heterocycles. The van der Waals surface area contributed by atoms with Crippen LogP contribution in [0.3, 0.4) is 0 Å². The van der Waals surface area contributed by atoms with E-state index in [4.69, 9.17) is 0 Å². The van der Waals surface area contributed by atoms with Crippen LogP contribution in [-0.4, -0.2) is 42.0 Å². The first-order valence-corrected chi connectivity index (χ1v) is 8.64. The highest BCUT2D eigenvalue weighted by atomic mass is 19.1. The normalized spacial score (nSPS) is 14.8. The van der Waals surface area contributed by atoms with Gasteiger partial charge in [0.15, 0.2) is 0 Å². The molecule has 3 aromatic rings. The third kappa shape index (κ3) is 3.14. The highest BCUT2D eigenvalue weighted by Gasteiger charge is 2.23. The third-order valence-corrected chi connectivity index (χ3v) is 4.90. The maximum absolute atomic E-state index is 13.9. The van der Waals surface area contributed by atoms with Crippen molar-refractivity contribution < 1.29 is 13.6 Å². The highest BCUT2D eigenvalue weighted by molar-refractivity contribution is 5.89. The third-order valence-electron chi connectivity index (χ3n) is 4.90. The lowest BCUT2D eigenvalue weighted by atomic mass is 10.1. The number of rotatable bonds is 3. The summed E-state index contributed by atoms with van der Waals surface area (Å²) in [5, 5.41) is 1.06. The number of benzene rings is 2. The van der Waals surface area contributed by atoms with Gasteiger partial charge in [0.2, 0.25) is 5.91 Å². The fourth-order valence-corrected chi connectivity index (χ4v) is 3.49. The summed E-state index contributed by atoms with van der Waals surface area (Å²) in [6, 6.07) is 11.5. The maximum Gasteiger partial charge on any atom is 0.227 e. The number of carbonyl (C=O) groups is 1. The number of carbonyl (C=O) groups excluding carboxylic acids is 1. The van der Waals surface area contributed by atoms with Gasteiger partial charge in [-0.05, 0) is 23.8 Å². The molecule has 2 aromatic carbocycles. The van der Waals surface area contributed by atoms with E-state index in [9.17, 15) is 13.6 Å². The fraction of sp³-hybridized carbons (Fsp3) is 0.250. The second-order valence-corrected chi connectivity index (χ2v) is 6.50. The number of halogens is 2. The van der Waals surface area contributed by atoms with Crippen molar-refractivity contribution in [2.75, 3.05) is 31.1 Å². The van der Waals surface area contributed by atoms with E-state index in [-0.39, 0.29) is 5.91 Å². The SMILES string of the molecule is O=C(Cc1c[nH]c2ccccc12)N1CCN(c2ccc(F)cc2F)CC1. The van der Waals surface area contributed by atoms with Gasteiger partial charge in [0.25, 0.3) is 0 Å². The van der Waals surface area contributed by atoms with Crippen LogP contribution in [0.2, 0.25) is 0 Å². The summed E-state index contributed by atoms with van der Waals surface area (Å²) < 4.78 is 27.0. The van der Waals surface area contributed by atoms with Gasteiger partial charge >= 0.3 is 0 Å². The Bertz CT molecular complexity index is 945. The Morgan fingerprint density at radius 3 is 2.58 bits per heavy atom. The van der Waals surface area contributed by atoms with Crippen LogP contribution in [0.15, 0.2) is 48.7 Å². The molecule has 4 nitrogen and oxygen atoms in total. The molecule has 4 rings (SSSR count). The van der Waals surface area contributed by atoms with Crippen LogP contribution in [0.4, 0.5) is 14.5 Å². The number of piperazine rings is 1. The van der Waals surface area contributed by atoms with Gasteiger partial charge in [-0.1, -0.05) is 18.2 Å². The molecule has 0 saturated carbocycles. The summed E-state index contributed by atoms with van der Waals surface area (Å²) in [5.74, 6) is -1.09. The smallest absolute Gasteiger partial charge is 0.227 e. The minimum absolute atomic E-state index is 0.0639. The summed E-state index contributed by atoms with van der Waals surface area (Å²) in [4.78, 5) is 19.5. The van der Waals surface area contributed by atoms with Crippen molar-refractivity contribution >= 4 is 22.5 Å². The van der Waals surface area contributed by atoms with Crippen LogP contribution in [-0.2, 0) is 11.2 Å². The Hall–Kier alpha value is -2.89. The lowest BCUT2D eigenvalue weighted by Crippen LogP contribution is -2.49. The first-order chi connectivity index (χ1) is 12.6. The van der Waals surface area contributed by atoms with Gasteiger partial charge in [0.1, 0.15) is 11.6 Å². The topological polar surface area (TPSA) is 39.3 Å². The van der Waals surface area contributed by atoms with Crippen molar-refractivity contribution in [1.29, 1.82) is 0 Å². The first kappa shape index (κ1) is 16.6. The molecule has 1 aliphatic heterocycles. The minimum Gasteiger partial charge on any atom is -0.366 e. The van der Waals surface area contributed by atoms with Crippen molar-refractivity contribution in [2.45, 2.75) is 6.42 Å². The molecule has 0 unspecified atom stereocenters. The average Bonchev–Trinajstić information content (AvgIpc) is 3.05. The molecule has 0 radical (unpaired) electrons. The number of amides is 1. The minimum atomic E-state index is -0.584. The Morgan fingerprint density at radius 2 is 1.81 bits per heavy atom. The van der Waals surface area contributed by atoms with E-state index in [2.05, 4.69) is 4.98 Å². The number of hydrogen-bond acceptors (Lipinski definition) is 2. The molecule has 0 spiro atoms. The molecule has 134 valence electrons. The van der Waals surface area contributed by atoms with Crippen LogP contribution >= 0.6 is 0 Å². The van der Waals surface area contributed by atoms with Crippen molar-refractivity contribution in [3.63, 3.8) is 0 Å². The summed E-state index contributed by atoms with van der Waals surface area (Å²) in [6.07, 6.45) is 2.22. The molecule has 0 bridgehead atoms. The van der Waals surface area contributed by atoms with Gasteiger partial charge in [0.05, 0.1) is 12.1 Å². The molecule has 1 aromatic heterocycles. The van der Waals surface area contributed by atoms with Crippen molar-refractivity contribution in [3.05, 3.63) is 65.9 Å². The van der Waals surface area contributed by atoms with Crippen LogP contribution in [0, 0.1) is 11.6 Å². The molecular weight excluding hydrogens is 336 g/mol. The van der Waals surface area contributed by atoms with E-state index >= 15 is 0 Å². The fourth-order valence-electron chi connectivity index (χ4n) is 3.49. The van der Waals surface area contributed by atoms with E-state index in [0.717, 1.165) is 22.5 Å². The zero-order valence-electron chi connectivity index (χ0n) is 14.2. The Balaban J connectivity index is 1.40. The number of hydrogen-bond donors (Lipinski definition) is 1. The number of H-pyrrole nitrogens is 1. The lowest BCUT2D eigenvalue weighted by Gasteiger charge is -2.36. The standard InChI is InChI=1S/C20H19F2N3O/c21-15-5-6-19(17(22)12-15)24-7-9-25(10-8-24)20(26)11-14-13-23-18-4-2-1-3-16(14)18/h1-6,12-13,23H,7-11H2. The van der Waals surface area contributed by atoms with Gasteiger partial charge in [-0.15, -0.1) is 0 Å². The summed E-state index contributed by atoms with van der Waals surface area (Å²) in [6.45, 7) is 2.11. The molecular formula is C20H19F2N3O. The number of anilines is 1. The van der Waals surface area contributed by atoms with Crippen LogP contribution in [0.1, 0.15) is 5.56 Å². The zero-order chi connectivity index (χ0) is 18.1. The lowest BCUT2D eigenvalue weighted by molar-refractivity contribution is -0.130. The molecule has 6 heteroatoms. The summed E-state index contributed by atoms with van der Waals surface area (Å²) >= 11 is 0. The molecule has 0 atom stereocenters. The average molecular weight is 355 g/mol. The number of nitrogens with zero attached hydrogens (tertiary/aromatic N) is 2. The Morgan fingerprint density at radius 1 is 1.04 bits per heavy atom. The molecule has 26 heavy (non-hydrogen) atoms. The van der Waals surface area contributed by atoms with Crippen LogP contribution in [0.25, 0.3) is 10.9 Å². The summed E-state index contributed by atoms with van der Waals surface area (Å²) in [7, 11) is 0. The van der Waals surface area contributed by atoms with Crippen molar-refractivity contribution in [3.8, 4) is 0 Å². The molecule has 1 aliphatic rings. The van der Waals surface area contributed by atoms with E-state index in [0.29, 0.717) is 38.3 Å². The quantitative estimate of drug-likeness (QED) is 0.783. The van der Waals surface area contributed by atoms with E-state index < -0.39 is 11.6 Å². The van der Waals surface area contributed by atoms with Crippen molar-refractivity contribution in [2.24, 2.45) is 0 Å². The number of para-hydroxylation sites is 1. The second kappa shape index (κ2) is 6.78.